The lowest BCUT2D eigenvalue weighted by Gasteiger charge is -2.28. The summed E-state index contributed by atoms with van der Waals surface area (Å²) < 4.78 is 0. The molecule has 5 atom stereocenters. The van der Waals surface area contributed by atoms with E-state index < -0.39 is 72.3 Å². The molecule has 0 aromatic heterocycles. The molecule has 0 spiro atoms. The van der Waals surface area contributed by atoms with E-state index in [0.717, 1.165) is 5.56 Å². The summed E-state index contributed by atoms with van der Waals surface area (Å²) in [5, 5.41) is 29.3. The molecule has 0 aliphatic carbocycles. The maximum absolute atomic E-state index is 13.4. The molecule has 41 heavy (non-hydrogen) atoms. The van der Waals surface area contributed by atoms with Crippen molar-refractivity contribution < 1.29 is 34.2 Å². The Bertz CT molecular complexity index is 1010. The number of nitrogens with two attached hydrogens (primary N) is 1. The highest BCUT2D eigenvalue weighted by molar-refractivity contribution is 7.98. The van der Waals surface area contributed by atoms with Crippen molar-refractivity contribution >= 4 is 41.4 Å². The topological polar surface area (TPSA) is 200 Å². The van der Waals surface area contributed by atoms with E-state index in [1.54, 1.807) is 44.2 Å². The van der Waals surface area contributed by atoms with Crippen molar-refractivity contribution in [2.45, 2.75) is 77.2 Å². The van der Waals surface area contributed by atoms with Crippen LogP contribution in [0.15, 0.2) is 30.3 Å². The minimum absolute atomic E-state index is 0.0123. The van der Waals surface area contributed by atoms with Gasteiger partial charge in [-0.1, -0.05) is 58.0 Å². The van der Waals surface area contributed by atoms with Gasteiger partial charge in [0.05, 0.1) is 6.61 Å². The van der Waals surface area contributed by atoms with Crippen LogP contribution in [0, 0.1) is 11.8 Å². The third kappa shape index (κ3) is 12.9. The van der Waals surface area contributed by atoms with Crippen molar-refractivity contribution in [1.29, 1.82) is 0 Å². The van der Waals surface area contributed by atoms with Gasteiger partial charge in [-0.05, 0) is 42.2 Å². The predicted molar refractivity (Wildman–Crippen MR) is 158 cm³/mol. The number of aliphatic carboxylic acids is 1. The zero-order chi connectivity index (χ0) is 31.1. The molecule has 1 aromatic carbocycles. The first-order valence-corrected chi connectivity index (χ1v) is 15.0. The molecule has 0 saturated carbocycles. The first-order valence-electron chi connectivity index (χ1n) is 13.6. The number of thioether (sulfide) groups is 1. The number of benzene rings is 1. The van der Waals surface area contributed by atoms with Crippen LogP contribution in [-0.2, 0) is 30.4 Å². The summed E-state index contributed by atoms with van der Waals surface area (Å²) in [6.45, 7) is 6.58. The number of carboxylic acids is 1. The molecular weight excluding hydrogens is 550 g/mol. The first kappa shape index (κ1) is 35.9. The van der Waals surface area contributed by atoms with Gasteiger partial charge in [-0.15, -0.1) is 0 Å². The molecule has 0 aliphatic heterocycles. The van der Waals surface area contributed by atoms with Crippen LogP contribution in [0.5, 0.6) is 0 Å². The fourth-order valence-electron chi connectivity index (χ4n) is 3.94. The molecule has 4 amide bonds. The van der Waals surface area contributed by atoms with E-state index in [-0.39, 0.29) is 25.2 Å². The standard InChI is InChI=1S/C28H45N5O7S/c1-16(2)13-21(31-25(36)20(11-12-41-5)30-24(35)19(29)15-34)26(37)33-23(17(3)4)27(38)32-22(28(39)40)14-18-9-7-6-8-10-18/h6-10,16-17,19-23,34H,11-15,29H2,1-5H3,(H,30,35)(H,31,36)(H,32,38)(H,33,37)(H,39,40)/t19-,20-,21-,22-,23-/m0/s1. The molecule has 0 aliphatic rings. The molecule has 13 heteroatoms. The lowest BCUT2D eigenvalue weighted by atomic mass is 9.98. The van der Waals surface area contributed by atoms with Gasteiger partial charge in [0.1, 0.15) is 30.2 Å². The van der Waals surface area contributed by atoms with Crippen LogP contribution in [0.25, 0.3) is 0 Å². The maximum atomic E-state index is 13.4. The number of carbonyl (C=O) groups excluding carboxylic acids is 4. The smallest absolute Gasteiger partial charge is 0.326 e. The highest BCUT2D eigenvalue weighted by Gasteiger charge is 2.33. The monoisotopic (exact) mass is 595 g/mol. The second kappa shape index (κ2) is 18.3. The number of amides is 4. The molecule has 0 radical (unpaired) electrons. The van der Waals surface area contributed by atoms with Gasteiger partial charge in [-0.25, -0.2) is 4.79 Å². The number of carboxylic acid groups (broad SMARTS) is 1. The van der Waals surface area contributed by atoms with E-state index in [1.165, 1.54) is 11.8 Å². The molecule has 1 rings (SSSR count). The molecular formula is C28H45N5O7S. The second-order valence-electron chi connectivity index (χ2n) is 10.6. The van der Waals surface area contributed by atoms with Crippen molar-refractivity contribution in [3.63, 3.8) is 0 Å². The van der Waals surface area contributed by atoms with Crippen LogP contribution in [-0.4, -0.2) is 88.6 Å². The summed E-state index contributed by atoms with van der Waals surface area (Å²) in [6.07, 6.45) is 2.42. The predicted octanol–water partition coefficient (Wildman–Crippen LogP) is 0.0277. The highest BCUT2D eigenvalue weighted by atomic mass is 32.2. The SMILES string of the molecule is CSCC[C@H](NC(=O)[C@@H](N)CO)C(=O)N[C@@H](CC(C)C)C(=O)N[C@H](C(=O)N[C@@H](Cc1ccccc1)C(=O)O)C(C)C. The van der Waals surface area contributed by atoms with Gasteiger partial charge in [-0.3, -0.25) is 19.2 Å². The van der Waals surface area contributed by atoms with Crippen LogP contribution in [0.2, 0.25) is 0 Å². The molecule has 1 aromatic rings. The molecule has 0 unspecified atom stereocenters. The number of carbonyl (C=O) groups is 5. The zero-order valence-corrected chi connectivity index (χ0v) is 25.2. The summed E-state index contributed by atoms with van der Waals surface area (Å²) >= 11 is 1.47. The molecule has 0 fully saturated rings. The third-order valence-corrected chi connectivity index (χ3v) is 6.91. The quantitative estimate of drug-likeness (QED) is 0.122. The Labute approximate surface area is 246 Å². The Hall–Kier alpha value is -3.16. The Morgan fingerprint density at radius 3 is 1.90 bits per heavy atom. The zero-order valence-electron chi connectivity index (χ0n) is 24.4. The number of rotatable bonds is 18. The van der Waals surface area contributed by atoms with Crippen LogP contribution in [0.1, 0.15) is 46.1 Å². The van der Waals surface area contributed by atoms with Gasteiger partial charge >= 0.3 is 5.97 Å². The summed E-state index contributed by atoms with van der Waals surface area (Å²) in [5.74, 6) is -3.64. The van der Waals surface area contributed by atoms with Gasteiger partial charge < -0.3 is 37.2 Å². The van der Waals surface area contributed by atoms with E-state index in [4.69, 9.17) is 5.73 Å². The molecule has 0 saturated heterocycles. The summed E-state index contributed by atoms with van der Waals surface area (Å²) in [5.41, 5.74) is 6.31. The van der Waals surface area contributed by atoms with Crippen molar-refractivity contribution in [3.8, 4) is 0 Å². The van der Waals surface area contributed by atoms with Gasteiger partial charge in [0.2, 0.25) is 23.6 Å². The van der Waals surface area contributed by atoms with Crippen molar-refractivity contribution in [1.82, 2.24) is 21.3 Å². The Balaban J connectivity index is 3.06. The van der Waals surface area contributed by atoms with E-state index in [1.807, 2.05) is 20.1 Å². The minimum atomic E-state index is -1.21. The molecule has 8 N–H and O–H groups in total. The Morgan fingerprint density at radius 2 is 1.39 bits per heavy atom. The van der Waals surface area contributed by atoms with Crippen molar-refractivity contribution in [2.24, 2.45) is 17.6 Å². The lowest BCUT2D eigenvalue weighted by molar-refractivity contribution is -0.142. The summed E-state index contributed by atoms with van der Waals surface area (Å²) in [6, 6.07) is 3.37. The Kier molecular flexibility index (Phi) is 16.0. The average molecular weight is 596 g/mol. The van der Waals surface area contributed by atoms with Crippen LogP contribution in [0.4, 0.5) is 0 Å². The normalized spacial score (nSPS) is 14.9. The largest absolute Gasteiger partial charge is 0.480 e. The fraction of sp³-hybridized carbons (Fsp3) is 0.607. The average Bonchev–Trinajstić information content (AvgIpc) is 2.92. The number of hydrogen-bond donors (Lipinski definition) is 7. The van der Waals surface area contributed by atoms with Crippen LogP contribution < -0.4 is 27.0 Å². The lowest BCUT2D eigenvalue weighted by Crippen LogP contribution is -2.60. The number of aliphatic hydroxyl groups is 1. The van der Waals surface area contributed by atoms with Crippen molar-refractivity contribution in [2.75, 3.05) is 18.6 Å². The summed E-state index contributed by atoms with van der Waals surface area (Å²) in [4.78, 5) is 63.9. The number of hydrogen-bond acceptors (Lipinski definition) is 8. The van der Waals surface area contributed by atoms with E-state index in [2.05, 4.69) is 21.3 Å². The molecule has 230 valence electrons. The maximum Gasteiger partial charge on any atom is 0.326 e. The van der Waals surface area contributed by atoms with Crippen LogP contribution in [0.3, 0.4) is 0 Å². The van der Waals surface area contributed by atoms with E-state index in [0.29, 0.717) is 5.75 Å². The van der Waals surface area contributed by atoms with Crippen molar-refractivity contribution in [3.05, 3.63) is 35.9 Å². The highest BCUT2D eigenvalue weighted by Crippen LogP contribution is 2.11. The van der Waals surface area contributed by atoms with E-state index >= 15 is 0 Å². The number of nitrogens with one attached hydrogen (secondary N) is 4. The fourth-order valence-corrected chi connectivity index (χ4v) is 4.41. The van der Waals surface area contributed by atoms with Crippen LogP contribution >= 0.6 is 11.8 Å². The minimum Gasteiger partial charge on any atom is -0.480 e. The molecule has 12 nitrogen and oxygen atoms in total. The third-order valence-electron chi connectivity index (χ3n) is 6.26. The van der Waals surface area contributed by atoms with Gasteiger partial charge in [0.15, 0.2) is 0 Å². The van der Waals surface area contributed by atoms with Gasteiger partial charge in [0, 0.05) is 6.42 Å². The van der Waals surface area contributed by atoms with Gasteiger partial charge in [-0.2, -0.15) is 11.8 Å². The van der Waals surface area contributed by atoms with Gasteiger partial charge in [0.25, 0.3) is 0 Å². The summed E-state index contributed by atoms with van der Waals surface area (Å²) in [7, 11) is 0. The van der Waals surface area contributed by atoms with E-state index in [9.17, 15) is 34.2 Å². The number of aliphatic hydroxyl groups excluding tert-OH is 1. The molecule has 0 heterocycles. The first-order chi connectivity index (χ1) is 19.3. The Morgan fingerprint density at radius 1 is 0.829 bits per heavy atom. The second-order valence-corrected chi connectivity index (χ2v) is 11.6. The molecule has 0 bridgehead atoms.